The first-order chi connectivity index (χ1) is 15.4. The fraction of sp³-hybridized carbons (Fsp3) is 0.261. The van der Waals surface area contributed by atoms with Crippen LogP contribution in [0.3, 0.4) is 0 Å². The molecule has 0 saturated carbocycles. The number of esters is 1. The summed E-state index contributed by atoms with van der Waals surface area (Å²) in [5.41, 5.74) is 4.91. The number of ether oxygens (including phenoxy) is 1. The summed E-state index contributed by atoms with van der Waals surface area (Å²) < 4.78 is 6.53. The lowest BCUT2D eigenvalue weighted by Crippen LogP contribution is -2.62. The van der Waals surface area contributed by atoms with Crippen LogP contribution in [0.25, 0.3) is 10.9 Å². The number of carbonyl (C=O) groups is 3. The van der Waals surface area contributed by atoms with Crippen LogP contribution in [0.5, 0.6) is 0 Å². The van der Waals surface area contributed by atoms with Crippen molar-refractivity contribution in [1.29, 1.82) is 0 Å². The summed E-state index contributed by atoms with van der Waals surface area (Å²) in [6, 6.07) is 14.0. The molecule has 2 amide bonds. The van der Waals surface area contributed by atoms with E-state index in [9.17, 15) is 19.2 Å². The van der Waals surface area contributed by atoms with Gasteiger partial charge in [0.2, 0.25) is 11.4 Å². The second-order valence-electron chi connectivity index (χ2n) is 7.65. The van der Waals surface area contributed by atoms with E-state index in [1.165, 1.54) is 6.92 Å². The number of piperidine rings is 1. The van der Waals surface area contributed by atoms with Gasteiger partial charge in [0.25, 0.3) is 11.5 Å². The van der Waals surface area contributed by atoms with Gasteiger partial charge in [-0.15, -0.1) is 0 Å². The van der Waals surface area contributed by atoms with Gasteiger partial charge in [-0.3, -0.25) is 24.3 Å². The van der Waals surface area contributed by atoms with Crippen LogP contribution in [0, 0.1) is 6.92 Å². The number of fused-ring (bicyclic) bond motifs is 1. The third-order valence-electron chi connectivity index (χ3n) is 5.61. The average molecular weight is 434 g/mol. The average Bonchev–Trinajstić information content (AvgIpc) is 2.79. The Morgan fingerprint density at radius 3 is 2.59 bits per heavy atom. The van der Waals surface area contributed by atoms with E-state index < -0.39 is 28.9 Å². The molecule has 9 heteroatoms. The highest BCUT2D eigenvalue weighted by Crippen LogP contribution is 2.30. The molecule has 3 N–H and O–H groups in total. The van der Waals surface area contributed by atoms with Gasteiger partial charge in [-0.1, -0.05) is 36.4 Å². The van der Waals surface area contributed by atoms with Crippen molar-refractivity contribution in [3.63, 3.8) is 0 Å². The van der Waals surface area contributed by atoms with Gasteiger partial charge in [0.15, 0.2) is 0 Å². The fourth-order valence-electron chi connectivity index (χ4n) is 3.96. The predicted octanol–water partition coefficient (Wildman–Crippen LogP) is 1.04. The van der Waals surface area contributed by atoms with Gasteiger partial charge < -0.3 is 10.5 Å². The molecule has 0 bridgehead atoms. The van der Waals surface area contributed by atoms with Crippen molar-refractivity contribution in [2.24, 2.45) is 5.73 Å². The standard InChI is InChI=1S/C23H22N4O5/c1-14-25-18-8-7-16(12-24)11-17(18)20(29)27(14)23(10-9-19(28)26-21(23)30)22(31)32-13-15-5-3-2-4-6-15/h2-8,11H,9-10,12-13,24H2,1H3,(H,26,28,30)/t23-/m1/s1. The van der Waals surface area contributed by atoms with Gasteiger partial charge in [0.1, 0.15) is 12.4 Å². The molecule has 2 heterocycles. The Kier molecular flexibility index (Phi) is 5.58. The van der Waals surface area contributed by atoms with Crippen molar-refractivity contribution in [3.05, 3.63) is 75.8 Å². The molecule has 0 spiro atoms. The summed E-state index contributed by atoms with van der Waals surface area (Å²) in [7, 11) is 0. The van der Waals surface area contributed by atoms with E-state index in [2.05, 4.69) is 10.3 Å². The molecule has 2 aromatic carbocycles. The molecule has 1 atom stereocenters. The normalized spacial score (nSPS) is 18.4. The minimum absolute atomic E-state index is 0.0885. The molecule has 1 aliphatic heterocycles. The lowest BCUT2D eigenvalue weighted by atomic mass is 9.87. The monoisotopic (exact) mass is 434 g/mol. The minimum Gasteiger partial charge on any atom is -0.459 e. The van der Waals surface area contributed by atoms with Crippen molar-refractivity contribution in [3.8, 4) is 0 Å². The molecule has 9 nitrogen and oxygen atoms in total. The molecule has 3 aromatic rings. The van der Waals surface area contributed by atoms with E-state index in [4.69, 9.17) is 10.5 Å². The number of nitrogens with one attached hydrogen (secondary N) is 1. The van der Waals surface area contributed by atoms with Gasteiger partial charge >= 0.3 is 5.97 Å². The zero-order valence-electron chi connectivity index (χ0n) is 17.5. The molecule has 0 unspecified atom stereocenters. The molecular formula is C23H22N4O5. The molecular weight excluding hydrogens is 412 g/mol. The number of aryl methyl sites for hydroxylation is 1. The van der Waals surface area contributed by atoms with E-state index in [1.54, 1.807) is 42.5 Å². The molecule has 1 aromatic heterocycles. The number of hydrogen-bond donors (Lipinski definition) is 2. The maximum atomic E-state index is 13.5. The minimum atomic E-state index is -2.05. The number of hydrogen-bond acceptors (Lipinski definition) is 7. The number of nitrogens with zero attached hydrogens (tertiary/aromatic N) is 2. The summed E-state index contributed by atoms with van der Waals surface area (Å²) in [4.78, 5) is 56.3. The molecule has 1 aliphatic rings. The van der Waals surface area contributed by atoms with Crippen molar-refractivity contribution in [1.82, 2.24) is 14.9 Å². The van der Waals surface area contributed by atoms with Crippen LogP contribution in [0.1, 0.15) is 29.8 Å². The SMILES string of the molecule is Cc1nc2ccc(CN)cc2c(=O)n1[C@]1(C(=O)OCc2ccccc2)CCC(=O)NC1=O. The molecule has 4 rings (SSSR count). The number of rotatable bonds is 5. The smallest absolute Gasteiger partial charge is 0.342 e. The largest absolute Gasteiger partial charge is 0.459 e. The molecule has 1 fully saturated rings. The number of aromatic nitrogens is 2. The van der Waals surface area contributed by atoms with E-state index in [-0.39, 0.29) is 37.2 Å². The molecule has 32 heavy (non-hydrogen) atoms. The van der Waals surface area contributed by atoms with E-state index in [0.717, 1.165) is 10.1 Å². The summed E-state index contributed by atoms with van der Waals surface area (Å²) in [5.74, 6) is -2.20. The highest BCUT2D eigenvalue weighted by molar-refractivity contribution is 6.12. The Morgan fingerprint density at radius 2 is 1.91 bits per heavy atom. The van der Waals surface area contributed by atoms with E-state index >= 15 is 0 Å². The number of amides is 2. The van der Waals surface area contributed by atoms with Gasteiger partial charge in [-0.2, -0.15) is 0 Å². The molecule has 1 saturated heterocycles. The predicted molar refractivity (Wildman–Crippen MR) is 115 cm³/mol. The Morgan fingerprint density at radius 1 is 1.16 bits per heavy atom. The number of nitrogens with two attached hydrogens (primary N) is 1. The third kappa shape index (κ3) is 3.56. The zero-order chi connectivity index (χ0) is 22.9. The summed E-state index contributed by atoms with van der Waals surface area (Å²) in [5, 5.41) is 2.41. The topological polar surface area (TPSA) is 133 Å². The van der Waals surface area contributed by atoms with Gasteiger partial charge in [0.05, 0.1) is 10.9 Å². The Hall–Kier alpha value is -3.85. The summed E-state index contributed by atoms with van der Waals surface area (Å²) in [6.07, 6.45) is -0.339. The molecule has 164 valence electrons. The Balaban J connectivity index is 1.86. The van der Waals surface area contributed by atoms with Crippen LogP contribution in [-0.2, 0) is 37.8 Å². The van der Waals surface area contributed by atoms with Crippen LogP contribution < -0.4 is 16.6 Å². The van der Waals surface area contributed by atoms with E-state index in [0.29, 0.717) is 11.1 Å². The number of benzene rings is 2. The van der Waals surface area contributed by atoms with Crippen molar-refractivity contribution in [2.75, 3.05) is 0 Å². The van der Waals surface area contributed by atoms with Crippen molar-refractivity contribution in [2.45, 2.75) is 38.5 Å². The maximum absolute atomic E-state index is 13.5. The molecule has 0 aliphatic carbocycles. The second kappa shape index (κ2) is 8.35. The highest BCUT2D eigenvalue weighted by Gasteiger charge is 2.54. The van der Waals surface area contributed by atoms with Crippen LogP contribution in [0.2, 0.25) is 0 Å². The van der Waals surface area contributed by atoms with Gasteiger partial charge in [-0.25, -0.2) is 9.78 Å². The summed E-state index contributed by atoms with van der Waals surface area (Å²) in [6.45, 7) is 1.66. The van der Waals surface area contributed by atoms with Crippen LogP contribution in [0.15, 0.2) is 53.3 Å². The second-order valence-corrected chi connectivity index (χ2v) is 7.65. The Labute approximate surface area is 183 Å². The first-order valence-electron chi connectivity index (χ1n) is 10.1. The fourth-order valence-corrected chi connectivity index (χ4v) is 3.96. The quantitative estimate of drug-likeness (QED) is 0.348. The summed E-state index contributed by atoms with van der Waals surface area (Å²) >= 11 is 0. The highest BCUT2D eigenvalue weighted by atomic mass is 16.5. The van der Waals surface area contributed by atoms with Crippen LogP contribution >= 0.6 is 0 Å². The maximum Gasteiger partial charge on any atom is 0.342 e. The lowest BCUT2D eigenvalue weighted by Gasteiger charge is -2.35. The first-order valence-corrected chi connectivity index (χ1v) is 10.1. The molecule has 0 radical (unpaired) electrons. The van der Waals surface area contributed by atoms with Crippen molar-refractivity contribution < 1.29 is 19.1 Å². The number of carbonyl (C=O) groups excluding carboxylic acids is 3. The van der Waals surface area contributed by atoms with Crippen molar-refractivity contribution >= 4 is 28.7 Å². The Bertz CT molecular complexity index is 1280. The third-order valence-corrected chi connectivity index (χ3v) is 5.61. The lowest BCUT2D eigenvalue weighted by molar-refractivity contribution is -0.164. The van der Waals surface area contributed by atoms with Crippen LogP contribution in [-0.4, -0.2) is 27.3 Å². The zero-order valence-corrected chi connectivity index (χ0v) is 17.5. The number of imide groups is 1. The van der Waals surface area contributed by atoms with Gasteiger partial charge in [-0.05, 0) is 36.6 Å². The van der Waals surface area contributed by atoms with E-state index in [1.807, 2.05) is 6.07 Å². The first kappa shape index (κ1) is 21.4. The van der Waals surface area contributed by atoms with Gasteiger partial charge in [0, 0.05) is 13.0 Å². The van der Waals surface area contributed by atoms with Crippen LogP contribution in [0.4, 0.5) is 0 Å².